The lowest BCUT2D eigenvalue weighted by molar-refractivity contribution is 0.0984. The second kappa shape index (κ2) is 5.02. The van der Waals surface area contributed by atoms with Crippen LogP contribution in [0.1, 0.15) is 23.2 Å². The largest absolute Gasteiger partial charge is 0.290 e. The lowest BCUT2D eigenvalue weighted by atomic mass is 10.2. The number of carbonyl (C=O) groups excluding carboxylic acids is 1. The minimum atomic E-state index is -0.0770. The number of carbonyl (C=O) groups is 1. The molecule has 0 bridgehead atoms. The van der Waals surface area contributed by atoms with E-state index in [2.05, 4.69) is 4.98 Å². The molecule has 0 aliphatic heterocycles. The Bertz CT molecular complexity index is 596. The molecule has 0 atom stereocenters. The van der Waals surface area contributed by atoms with Gasteiger partial charge in [-0.05, 0) is 37.1 Å². The van der Waals surface area contributed by atoms with Crippen molar-refractivity contribution in [1.29, 1.82) is 0 Å². The number of rotatable bonds is 3. The standard InChI is InChI=1S/C15H13ClN2O/c16-13-6-2-1-5-12(13)15(19)18(11-8-9-11)14-7-3-4-10-17-14/h1-7,10-11H,8-9H2. The van der Waals surface area contributed by atoms with E-state index in [1.54, 1.807) is 23.2 Å². The molecule has 1 aliphatic rings. The Hall–Kier alpha value is -1.87. The summed E-state index contributed by atoms with van der Waals surface area (Å²) in [5.41, 5.74) is 0.529. The number of aromatic nitrogens is 1. The fraction of sp³-hybridized carbons (Fsp3) is 0.200. The average Bonchev–Trinajstić information content (AvgIpc) is 3.25. The van der Waals surface area contributed by atoms with Crippen molar-refractivity contribution in [3.63, 3.8) is 0 Å². The van der Waals surface area contributed by atoms with Gasteiger partial charge in [0.2, 0.25) is 0 Å². The predicted molar refractivity (Wildman–Crippen MR) is 75.5 cm³/mol. The summed E-state index contributed by atoms with van der Waals surface area (Å²) < 4.78 is 0. The van der Waals surface area contributed by atoms with Crippen LogP contribution >= 0.6 is 11.6 Å². The third-order valence-corrected chi connectivity index (χ3v) is 3.46. The van der Waals surface area contributed by atoms with E-state index in [1.807, 2.05) is 30.3 Å². The number of hydrogen-bond donors (Lipinski definition) is 0. The molecular weight excluding hydrogens is 260 g/mol. The molecule has 1 aromatic carbocycles. The van der Waals surface area contributed by atoms with Crippen LogP contribution in [0.4, 0.5) is 5.82 Å². The lowest BCUT2D eigenvalue weighted by Gasteiger charge is -2.21. The zero-order valence-corrected chi connectivity index (χ0v) is 11.0. The van der Waals surface area contributed by atoms with Crippen LogP contribution in [0, 0.1) is 0 Å². The van der Waals surface area contributed by atoms with Gasteiger partial charge in [0.15, 0.2) is 0 Å². The van der Waals surface area contributed by atoms with E-state index in [4.69, 9.17) is 11.6 Å². The molecule has 1 heterocycles. The number of amides is 1. The van der Waals surface area contributed by atoms with Crippen molar-refractivity contribution in [3.05, 3.63) is 59.2 Å². The third kappa shape index (κ3) is 2.47. The summed E-state index contributed by atoms with van der Waals surface area (Å²) in [5.74, 6) is 0.613. The van der Waals surface area contributed by atoms with E-state index < -0.39 is 0 Å². The van der Waals surface area contributed by atoms with Crippen molar-refractivity contribution >= 4 is 23.3 Å². The molecule has 0 unspecified atom stereocenters. The molecule has 1 amide bonds. The summed E-state index contributed by atoms with van der Waals surface area (Å²) in [6, 6.07) is 13.0. The first-order valence-corrected chi connectivity index (χ1v) is 6.64. The summed E-state index contributed by atoms with van der Waals surface area (Å²) >= 11 is 6.11. The average molecular weight is 273 g/mol. The number of halogens is 1. The molecule has 0 N–H and O–H groups in total. The topological polar surface area (TPSA) is 33.2 Å². The smallest absolute Gasteiger partial charge is 0.261 e. The molecule has 1 aliphatic carbocycles. The highest BCUT2D eigenvalue weighted by Crippen LogP contribution is 2.32. The normalized spacial score (nSPS) is 14.2. The van der Waals surface area contributed by atoms with Gasteiger partial charge >= 0.3 is 0 Å². The van der Waals surface area contributed by atoms with E-state index in [0.29, 0.717) is 16.4 Å². The fourth-order valence-electron chi connectivity index (χ4n) is 2.05. The Morgan fingerprint density at radius 3 is 2.53 bits per heavy atom. The van der Waals surface area contributed by atoms with Crippen LogP contribution in [0.25, 0.3) is 0 Å². The molecule has 0 saturated heterocycles. The fourth-order valence-corrected chi connectivity index (χ4v) is 2.27. The van der Waals surface area contributed by atoms with Gasteiger partial charge in [-0.25, -0.2) is 4.98 Å². The van der Waals surface area contributed by atoms with Gasteiger partial charge in [-0.3, -0.25) is 9.69 Å². The van der Waals surface area contributed by atoms with Gasteiger partial charge in [-0.1, -0.05) is 29.8 Å². The summed E-state index contributed by atoms with van der Waals surface area (Å²) in [6.07, 6.45) is 3.74. The van der Waals surface area contributed by atoms with E-state index in [9.17, 15) is 4.79 Å². The van der Waals surface area contributed by atoms with Crippen molar-refractivity contribution in [2.24, 2.45) is 0 Å². The Morgan fingerprint density at radius 2 is 1.89 bits per heavy atom. The first-order chi connectivity index (χ1) is 9.27. The summed E-state index contributed by atoms with van der Waals surface area (Å²) in [6.45, 7) is 0. The minimum Gasteiger partial charge on any atom is -0.290 e. The summed E-state index contributed by atoms with van der Waals surface area (Å²) in [7, 11) is 0. The SMILES string of the molecule is O=C(c1ccccc1Cl)N(c1ccccn1)C1CC1. The van der Waals surface area contributed by atoms with Crippen LogP contribution in [0.5, 0.6) is 0 Å². The number of pyridine rings is 1. The van der Waals surface area contributed by atoms with Crippen LogP contribution < -0.4 is 4.90 Å². The summed E-state index contributed by atoms with van der Waals surface area (Å²) in [4.78, 5) is 18.7. The molecule has 3 rings (SSSR count). The van der Waals surface area contributed by atoms with Crippen molar-refractivity contribution in [2.45, 2.75) is 18.9 Å². The van der Waals surface area contributed by atoms with Gasteiger partial charge in [-0.2, -0.15) is 0 Å². The Balaban J connectivity index is 1.98. The predicted octanol–water partition coefficient (Wildman–Crippen LogP) is 3.54. The zero-order chi connectivity index (χ0) is 13.2. The van der Waals surface area contributed by atoms with E-state index in [1.165, 1.54) is 0 Å². The monoisotopic (exact) mass is 272 g/mol. The first kappa shape index (κ1) is 12.2. The van der Waals surface area contributed by atoms with Crippen LogP contribution in [0.15, 0.2) is 48.7 Å². The Morgan fingerprint density at radius 1 is 1.16 bits per heavy atom. The minimum absolute atomic E-state index is 0.0770. The number of benzene rings is 1. The van der Waals surface area contributed by atoms with Crippen LogP contribution in [0.2, 0.25) is 5.02 Å². The number of anilines is 1. The molecule has 0 radical (unpaired) electrons. The van der Waals surface area contributed by atoms with Gasteiger partial charge in [-0.15, -0.1) is 0 Å². The molecule has 1 fully saturated rings. The molecular formula is C15H13ClN2O. The maximum atomic E-state index is 12.6. The highest BCUT2D eigenvalue weighted by atomic mass is 35.5. The van der Waals surface area contributed by atoms with E-state index in [0.717, 1.165) is 12.8 Å². The van der Waals surface area contributed by atoms with E-state index >= 15 is 0 Å². The van der Waals surface area contributed by atoms with Gasteiger partial charge in [0.25, 0.3) is 5.91 Å². The van der Waals surface area contributed by atoms with Crippen molar-refractivity contribution in [1.82, 2.24) is 4.98 Å². The maximum absolute atomic E-state index is 12.6. The zero-order valence-electron chi connectivity index (χ0n) is 10.3. The highest BCUT2D eigenvalue weighted by Gasteiger charge is 2.35. The molecule has 1 saturated carbocycles. The van der Waals surface area contributed by atoms with Crippen LogP contribution in [-0.4, -0.2) is 16.9 Å². The quantitative estimate of drug-likeness (QED) is 0.856. The third-order valence-electron chi connectivity index (χ3n) is 3.13. The van der Waals surface area contributed by atoms with Crippen LogP contribution in [-0.2, 0) is 0 Å². The van der Waals surface area contributed by atoms with Gasteiger partial charge < -0.3 is 0 Å². The van der Waals surface area contributed by atoms with E-state index in [-0.39, 0.29) is 11.9 Å². The molecule has 96 valence electrons. The van der Waals surface area contributed by atoms with Crippen molar-refractivity contribution in [2.75, 3.05) is 4.90 Å². The molecule has 1 aromatic heterocycles. The van der Waals surface area contributed by atoms with Crippen molar-refractivity contribution < 1.29 is 4.79 Å². The summed E-state index contributed by atoms with van der Waals surface area (Å²) in [5, 5.41) is 0.481. The highest BCUT2D eigenvalue weighted by molar-refractivity contribution is 6.34. The Kier molecular flexibility index (Phi) is 3.22. The van der Waals surface area contributed by atoms with Crippen molar-refractivity contribution in [3.8, 4) is 0 Å². The number of hydrogen-bond acceptors (Lipinski definition) is 2. The number of nitrogens with zero attached hydrogens (tertiary/aromatic N) is 2. The molecule has 19 heavy (non-hydrogen) atoms. The molecule has 0 spiro atoms. The second-order valence-corrected chi connectivity index (χ2v) is 4.98. The lowest BCUT2D eigenvalue weighted by Crippen LogP contribution is -2.33. The first-order valence-electron chi connectivity index (χ1n) is 6.26. The van der Waals surface area contributed by atoms with Gasteiger partial charge in [0, 0.05) is 12.2 Å². The second-order valence-electron chi connectivity index (χ2n) is 4.57. The molecule has 4 heteroatoms. The van der Waals surface area contributed by atoms with Crippen LogP contribution in [0.3, 0.4) is 0 Å². The van der Waals surface area contributed by atoms with Gasteiger partial charge in [0.1, 0.15) is 5.82 Å². The van der Waals surface area contributed by atoms with Gasteiger partial charge in [0.05, 0.1) is 10.6 Å². The Labute approximate surface area is 116 Å². The maximum Gasteiger partial charge on any atom is 0.261 e. The molecule has 2 aromatic rings. The molecule has 3 nitrogen and oxygen atoms in total.